The molecule has 5 N–H and O–H groups in total. The Hall–Kier alpha value is -5.30. The van der Waals surface area contributed by atoms with Gasteiger partial charge in [0.15, 0.2) is 0 Å². The minimum absolute atomic E-state index is 0.124. The van der Waals surface area contributed by atoms with Crippen LogP contribution in [-0.2, 0) is 20.7 Å². The number of cyclic esters (lactones) is 1. The fraction of sp³-hybridized carbons (Fsp3) is 0.405. The highest BCUT2D eigenvalue weighted by Crippen LogP contribution is 2.24. The molecule has 0 bridgehead atoms. The van der Waals surface area contributed by atoms with Gasteiger partial charge in [-0.15, -0.1) is 0 Å². The van der Waals surface area contributed by atoms with Crippen molar-refractivity contribution in [1.82, 2.24) is 31.6 Å². The summed E-state index contributed by atoms with van der Waals surface area (Å²) in [6, 6.07) is 17.3. The maximum Gasteiger partial charge on any atom is 0.414 e. The third kappa shape index (κ3) is 10.3. The van der Waals surface area contributed by atoms with Crippen molar-refractivity contribution in [2.75, 3.05) is 31.1 Å². The zero-order valence-electron chi connectivity index (χ0n) is 29.2. The molecule has 1 aliphatic heterocycles. The van der Waals surface area contributed by atoms with Crippen LogP contribution in [-0.4, -0.2) is 79.1 Å². The highest BCUT2D eigenvalue weighted by molar-refractivity contribution is 6.03. The second kappa shape index (κ2) is 17.9. The van der Waals surface area contributed by atoms with Crippen molar-refractivity contribution in [3.63, 3.8) is 0 Å². The molecule has 0 spiro atoms. The molecule has 2 aromatic carbocycles. The van der Waals surface area contributed by atoms with E-state index in [1.165, 1.54) is 11.0 Å². The molecule has 1 aliphatic rings. The number of amides is 5. The summed E-state index contributed by atoms with van der Waals surface area (Å²) in [5.74, 6) is -1.64. The molecule has 0 unspecified atom stereocenters. The lowest BCUT2D eigenvalue weighted by molar-refractivity contribution is -0.130. The number of nitrogens with one attached hydrogen (secondary N) is 5. The first-order valence-electron chi connectivity index (χ1n) is 16.9. The summed E-state index contributed by atoms with van der Waals surface area (Å²) in [6.07, 6.45) is 1.43. The third-order valence-electron chi connectivity index (χ3n) is 8.34. The average molecular weight is 686 g/mol. The van der Waals surface area contributed by atoms with Crippen LogP contribution < -0.4 is 31.5 Å². The number of carbonyl (C=O) groups is 5. The molecule has 13 heteroatoms. The van der Waals surface area contributed by atoms with E-state index in [0.717, 1.165) is 11.3 Å². The fourth-order valence-electron chi connectivity index (χ4n) is 5.49. The summed E-state index contributed by atoms with van der Waals surface area (Å²) >= 11 is 0. The van der Waals surface area contributed by atoms with Crippen LogP contribution >= 0.6 is 0 Å². The normalized spacial score (nSPS) is 15.0. The largest absolute Gasteiger partial charge is 0.447 e. The highest BCUT2D eigenvalue weighted by atomic mass is 16.6. The Kier molecular flexibility index (Phi) is 13.4. The van der Waals surface area contributed by atoms with Crippen LogP contribution in [0, 0.1) is 5.92 Å². The van der Waals surface area contributed by atoms with Gasteiger partial charge in [0.25, 0.3) is 11.8 Å². The van der Waals surface area contributed by atoms with Crippen molar-refractivity contribution in [2.45, 2.75) is 65.2 Å². The van der Waals surface area contributed by atoms with Gasteiger partial charge in [0.1, 0.15) is 12.6 Å². The van der Waals surface area contributed by atoms with Crippen LogP contribution in [0.15, 0.2) is 72.9 Å². The molecule has 0 radical (unpaired) electrons. The quantitative estimate of drug-likeness (QED) is 0.153. The van der Waals surface area contributed by atoms with Crippen molar-refractivity contribution in [3.8, 4) is 0 Å². The monoisotopic (exact) mass is 685 g/mol. The molecule has 0 saturated carbocycles. The lowest BCUT2D eigenvalue weighted by Crippen LogP contribution is -2.55. The Morgan fingerprint density at radius 1 is 0.860 bits per heavy atom. The lowest BCUT2D eigenvalue weighted by Gasteiger charge is -2.25. The summed E-state index contributed by atoms with van der Waals surface area (Å²) in [7, 11) is 0. The Labute approximate surface area is 292 Å². The first kappa shape index (κ1) is 37.5. The average Bonchev–Trinajstić information content (AvgIpc) is 3.55. The summed E-state index contributed by atoms with van der Waals surface area (Å²) in [4.78, 5) is 71.3. The zero-order chi connectivity index (χ0) is 36.2. The van der Waals surface area contributed by atoms with Crippen LogP contribution in [0.3, 0.4) is 0 Å². The molecule has 5 amide bonds. The molecule has 1 aromatic heterocycles. The van der Waals surface area contributed by atoms with Gasteiger partial charge in [-0.1, -0.05) is 50.2 Å². The van der Waals surface area contributed by atoms with E-state index >= 15 is 0 Å². The Bertz CT molecular complexity index is 1640. The maximum absolute atomic E-state index is 13.9. The van der Waals surface area contributed by atoms with Crippen LogP contribution in [0.25, 0.3) is 0 Å². The minimum Gasteiger partial charge on any atom is -0.447 e. The smallest absolute Gasteiger partial charge is 0.414 e. The van der Waals surface area contributed by atoms with Gasteiger partial charge in [0.05, 0.1) is 18.6 Å². The number of carbonyl (C=O) groups excluding carboxylic acids is 5. The second-order valence-electron chi connectivity index (χ2n) is 12.6. The molecule has 266 valence electrons. The van der Waals surface area contributed by atoms with E-state index in [2.05, 4.69) is 31.6 Å². The SMILES string of the molecule is CCNC(=O)[C@@H](NC(=O)[C@H](C)NC[C@H](Cc1ccccn1)NC(=O)c1cc(C(=O)N[C@H](C)c2ccccc2)cc(N2CCOC2=O)c1)C(C)C. The van der Waals surface area contributed by atoms with Gasteiger partial charge in [-0.2, -0.15) is 0 Å². The lowest BCUT2D eigenvalue weighted by atomic mass is 10.0. The van der Waals surface area contributed by atoms with Gasteiger partial charge in [-0.05, 0) is 62.6 Å². The summed E-state index contributed by atoms with van der Waals surface area (Å²) in [5.41, 5.74) is 2.35. The number of nitrogens with zero attached hydrogens (tertiary/aromatic N) is 2. The van der Waals surface area contributed by atoms with E-state index in [1.807, 2.05) is 70.2 Å². The van der Waals surface area contributed by atoms with Crippen LogP contribution in [0.1, 0.15) is 72.6 Å². The number of pyridine rings is 1. The number of benzene rings is 2. The van der Waals surface area contributed by atoms with Crippen molar-refractivity contribution in [3.05, 3.63) is 95.3 Å². The number of aromatic nitrogens is 1. The van der Waals surface area contributed by atoms with Gasteiger partial charge in [0, 0.05) is 54.3 Å². The van der Waals surface area contributed by atoms with E-state index < -0.39 is 36.0 Å². The van der Waals surface area contributed by atoms with E-state index in [0.29, 0.717) is 18.7 Å². The molecular formula is C37H47N7O6. The molecular weight excluding hydrogens is 638 g/mol. The molecule has 3 aromatic rings. The van der Waals surface area contributed by atoms with Gasteiger partial charge in [0.2, 0.25) is 11.8 Å². The van der Waals surface area contributed by atoms with E-state index in [-0.39, 0.29) is 54.6 Å². The first-order chi connectivity index (χ1) is 24.0. The molecule has 2 heterocycles. The minimum atomic E-state index is -0.696. The van der Waals surface area contributed by atoms with Crippen molar-refractivity contribution in [1.29, 1.82) is 0 Å². The van der Waals surface area contributed by atoms with Gasteiger partial charge in [-0.25, -0.2) is 4.79 Å². The molecule has 13 nitrogen and oxygen atoms in total. The maximum atomic E-state index is 13.9. The van der Waals surface area contributed by atoms with Gasteiger partial charge in [-0.3, -0.25) is 29.1 Å². The number of hydrogen-bond acceptors (Lipinski definition) is 8. The second-order valence-corrected chi connectivity index (χ2v) is 12.6. The molecule has 50 heavy (non-hydrogen) atoms. The Morgan fingerprint density at radius 3 is 2.14 bits per heavy atom. The topological polar surface area (TPSA) is 171 Å². The highest BCUT2D eigenvalue weighted by Gasteiger charge is 2.28. The van der Waals surface area contributed by atoms with Gasteiger partial charge < -0.3 is 31.3 Å². The molecule has 4 atom stereocenters. The molecule has 1 saturated heterocycles. The number of ether oxygens (including phenoxy) is 1. The van der Waals surface area contributed by atoms with Crippen LogP contribution in [0.5, 0.6) is 0 Å². The summed E-state index contributed by atoms with van der Waals surface area (Å²) < 4.78 is 5.13. The number of hydrogen-bond donors (Lipinski definition) is 5. The summed E-state index contributed by atoms with van der Waals surface area (Å²) in [5, 5.41) is 14.8. The predicted octanol–water partition coefficient (Wildman–Crippen LogP) is 3.13. The van der Waals surface area contributed by atoms with Crippen molar-refractivity contribution >= 4 is 35.4 Å². The van der Waals surface area contributed by atoms with E-state index in [1.54, 1.807) is 31.3 Å². The standard InChI is InChI=1S/C37H47N7O6/c1-6-38-36(48)32(23(2)3)43-33(45)25(5)40-22-30(21-29-14-10-11-15-39-29)42-35(47)28-18-27(19-31(20-28)44-16-17-50-37(44)49)34(46)41-24(4)26-12-8-7-9-13-26/h7-15,18-20,23-25,30,32,40H,6,16-17,21-22H2,1-5H3,(H,38,48)(H,41,46)(H,42,47)(H,43,45)/t24-,25+,30+,32+/m1/s1. The first-order valence-corrected chi connectivity index (χ1v) is 16.9. The molecule has 1 fully saturated rings. The van der Waals surface area contributed by atoms with E-state index in [9.17, 15) is 24.0 Å². The zero-order valence-corrected chi connectivity index (χ0v) is 29.2. The Morgan fingerprint density at radius 2 is 1.54 bits per heavy atom. The van der Waals surface area contributed by atoms with Crippen molar-refractivity contribution < 1.29 is 28.7 Å². The summed E-state index contributed by atoms with van der Waals surface area (Å²) in [6.45, 7) is 10.2. The third-order valence-corrected chi connectivity index (χ3v) is 8.34. The van der Waals surface area contributed by atoms with Crippen LogP contribution in [0.2, 0.25) is 0 Å². The number of anilines is 1. The molecule has 0 aliphatic carbocycles. The Balaban J connectivity index is 1.54. The number of rotatable bonds is 16. The van der Waals surface area contributed by atoms with Crippen LogP contribution in [0.4, 0.5) is 10.5 Å². The van der Waals surface area contributed by atoms with E-state index in [4.69, 9.17) is 4.74 Å². The van der Waals surface area contributed by atoms with Gasteiger partial charge >= 0.3 is 6.09 Å². The predicted molar refractivity (Wildman–Crippen MR) is 190 cm³/mol. The number of likely N-dealkylation sites (N-methyl/N-ethyl adjacent to an activating group) is 1. The van der Waals surface area contributed by atoms with Crippen molar-refractivity contribution in [2.24, 2.45) is 5.92 Å². The fourth-order valence-corrected chi connectivity index (χ4v) is 5.49. The molecule has 4 rings (SSSR count).